The molecule has 1 aromatic carbocycles. The summed E-state index contributed by atoms with van der Waals surface area (Å²) in [7, 11) is 0. The first-order valence-electron chi connectivity index (χ1n) is 5.81. The van der Waals surface area contributed by atoms with E-state index in [1.807, 2.05) is 30.3 Å². The van der Waals surface area contributed by atoms with Gasteiger partial charge in [-0.15, -0.1) is 0 Å². The maximum atomic E-state index is 11.6. The number of nitrogens with one attached hydrogen (secondary N) is 1. The lowest BCUT2D eigenvalue weighted by Gasteiger charge is -2.11. The largest absolute Gasteiger partial charge is 0.355 e. The molecular weight excluding hydrogens is 201 g/mol. The van der Waals surface area contributed by atoms with Gasteiger partial charge < -0.3 is 11.1 Å². The fraction of sp³-hybridized carbons (Fsp3) is 0.462. The molecule has 88 valence electrons. The lowest BCUT2D eigenvalue weighted by atomic mass is 10.1. The van der Waals surface area contributed by atoms with Gasteiger partial charge in [0.25, 0.3) is 0 Å². The maximum Gasteiger partial charge on any atom is 0.237 e. The Balaban J connectivity index is 2.34. The van der Waals surface area contributed by atoms with Crippen molar-refractivity contribution in [2.24, 2.45) is 5.73 Å². The molecular formula is C13H20N2O. The van der Waals surface area contributed by atoms with Crippen LogP contribution in [-0.4, -0.2) is 18.5 Å². The molecule has 0 bridgehead atoms. The van der Waals surface area contributed by atoms with Crippen molar-refractivity contribution in [1.29, 1.82) is 0 Å². The van der Waals surface area contributed by atoms with Gasteiger partial charge in [-0.05, 0) is 18.4 Å². The second-order valence-corrected chi connectivity index (χ2v) is 3.94. The number of unbranched alkanes of at least 4 members (excludes halogenated alkanes) is 1. The van der Waals surface area contributed by atoms with Crippen LogP contribution in [0.15, 0.2) is 30.3 Å². The first-order chi connectivity index (χ1) is 7.74. The van der Waals surface area contributed by atoms with Crippen molar-refractivity contribution in [3.63, 3.8) is 0 Å². The van der Waals surface area contributed by atoms with Crippen LogP contribution < -0.4 is 11.1 Å². The number of amides is 1. The summed E-state index contributed by atoms with van der Waals surface area (Å²) in [4.78, 5) is 11.6. The van der Waals surface area contributed by atoms with Gasteiger partial charge in [0.15, 0.2) is 0 Å². The quantitative estimate of drug-likeness (QED) is 0.564. The molecule has 0 unspecified atom stereocenters. The Morgan fingerprint density at radius 3 is 2.69 bits per heavy atom. The molecule has 0 aliphatic rings. The van der Waals surface area contributed by atoms with Crippen LogP contribution in [0.3, 0.4) is 0 Å². The smallest absolute Gasteiger partial charge is 0.237 e. The van der Waals surface area contributed by atoms with Crippen LogP contribution in [0.5, 0.6) is 0 Å². The minimum Gasteiger partial charge on any atom is -0.355 e. The molecule has 0 saturated heterocycles. The Bertz CT molecular complexity index is 311. The minimum atomic E-state index is -0.445. The number of rotatable bonds is 6. The van der Waals surface area contributed by atoms with E-state index in [1.54, 1.807) is 0 Å². The summed E-state index contributed by atoms with van der Waals surface area (Å²) in [6, 6.07) is 9.39. The third-order valence-corrected chi connectivity index (χ3v) is 2.46. The van der Waals surface area contributed by atoms with Gasteiger partial charge >= 0.3 is 0 Å². The van der Waals surface area contributed by atoms with Crippen LogP contribution in [0.2, 0.25) is 0 Å². The zero-order valence-corrected chi connectivity index (χ0v) is 9.78. The zero-order valence-electron chi connectivity index (χ0n) is 9.78. The lowest BCUT2D eigenvalue weighted by Crippen LogP contribution is -2.42. The van der Waals surface area contributed by atoms with Crippen molar-refractivity contribution in [1.82, 2.24) is 5.32 Å². The predicted molar refractivity (Wildman–Crippen MR) is 66.0 cm³/mol. The monoisotopic (exact) mass is 221 g/mol. The average Bonchev–Trinajstić information content (AvgIpc) is 2.30. The summed E-state index contributed by atoms with van der Waals surface area (Å²) in [5.74, 6) is -0.0581. The fourth-order valence-electron chi connectivity index (χ4n) is 1.48. The van der Waals surface area contributed by atoms with Crippen LogP contribution >= 0.6 is 0 Å². The molecule has 0 aromatic heterocycles. The molecule has 0 spiro atoms. The number of nitrogens with two attached hydrogens (primary N) is 1. The Hall–Kier alpha value is -1.35. The van der Waals surface area contributed by atoms with E-state index < -0.39 is 6.04 Å². The normalized spacial score (nSPS) is 12.1. The van der Waals surface area contributed by atoms with Crippen molar-refractivity contribution in [2.45, 2.75) is 32.2 Å². The molecule has 3 N–H and O–H groups in total. The van der Waals surface area contributed by atoms with Crippen LogP contribution in [0.4, 0.5) is 0 Å². The molecule has 1 rings (SSSR count). The SMILES string of the molecule is CCCC[15NH]C(=O)[C@@H](N)Cc1ccccc1. The molecule has 1 amide bonds. The van der Waals surface area contributed by atoms with Gasteiger partial charge in [-0.2, -0.15) is 0 Å². The van der Waals surface area contributed by atoms with Crippen molar-refractivity contribution >= 4 is 5.91 Å². The second-order valence-electron chi connectivity index (χ2n) is 3.94. The first kappa shape index (κ1) is 12.7. The van der Waals surface area contributed by atoms with E-state index in [-0.39, 0.29) is 5.91 Å². The highest BCUT2D eigenvalue weighted by molar-refractivity contribution is 5.81. The zero-order chi connectivity index (χ0) is 11.8. The van der Waals surface area contributed by atoms with Crippen molar-refractivity contribution < 1.29 is 4.79 Å². The van der Waals surface area contributed by atoms with Crippen molar-refractivity contribution in [2.75, 3.05) is 6.54 Å². The highest BCUT2D eigenvalue weighted by Crippen LogP contribution is 2.01. The predicted octanol–water partition coefficient (Wildman–Crippen LogP) is 1.47. The summed E-state index contributed by atoms with van der Waals surface area (Å²) in [6.45, 7) is 2.81. The molecule has 3 nitrogen and oxygen atoms in total. The second kappa shape index (κ2) is 7.01. The highest BCUT2D eigenvalue weighted by atomic mass is 16.2. The lowest BCUT2D eigenvalue weighted by molar-refractivity contribution is -0.122. The summed E-state index contributed by atoms with van der Waals surface area (Å²) in [5, 5.41) is 2.84. The molecule has 0 saturated carbocycles. The Labute approximate surface area is 97.0 Å². The number of hydrogen-bond acceptors (Lipinski definition) is 2. The topological polar surface area (TPSA) is 55.1 Å². The molecule has 1 atom stereocenters. The maximum absolute atomic E-state index is 11.6. The van der Waals surface area contributed by atoms with Gasteiger partial charge in [-0.25, -0.2) is 0 Å². The van der Waals surface area contributed by atoms with E-state index in [0.29, 0.717) is 6.42 Å². The van der Waals surface area contributed by atoms with Gasteiger partial charge in [0.05, 0.1) is 6.04 Å². The molecule has 1 aromatic rings. The number of hydrogen-bond donors (Lipinski definition) is 2. The molecule has 3 heteroatoms. The van der Waals surface area contributed by atoms with E-state index in [9.17, 15) is 4.79 Å². The Morgan fingerprint density at radius 2 is 2.06 bits per heavy atom. The molecule has 0 aliphatic carbocycles. The summed E-state index contributed by atoms with van der Waals surface area (Å²) in [6.07, 6.45) is 2.68. The van der Waals surface area contributed by atoms with Gasteiger partial charge in [0, 0.05) is 6.54 Å². The van der Waals surface area contributed by atoms with E-state index in [4.69, 9.17) is 5.73 Å². The van der Waals surface area contributed by atoms with Crippen molar-refractivity contribution in [3.05, 3.63) is 35.9 Å². The van der Waals surface area contributed by atoms with Crippen LogP contribution in [0.25, 0.3) is 0 Å². The van der Waals surface area contributed by atoms with Crippen LogP contribution in [-0.2, 0) is 11.2 Å². The Morgan fingerprint density at radius 1 is 1.38 bits per heavy atom. The average molecular weight is 221 g/mol. The van der Waals surface area contributed by atoms with E-state index >= 15 is 0 Å². The van der Waals surface area contributed by atoms with Gasteiger partial charge in [-0.1, -0.05) is 43.7 Å². The van der Waals surface area contributed by atoms with Crippen molar-refractivity contribution in [3.8, 4) is 0 Å². The number of carbonyl (C=O) groups excluding carboxylic acids is 1. The molecule has 0 radical (unpaired) electrons. The molecule has 0 aliphatic heterocycles. The van der Waals surface area contributed by atoms with Crippen LogP contribution in [0, 0.1) is 0 Å². The standard InChI is InChI=1S/C13H20N2O/c1-2-3-9-15-13(16)12(14)10-11-7-5-4-6-8-11/h4-8,12H,2-3,9-10,14H2,1H3,(H,15,16)/t12-/m0/s1/i15+1. The summed E-state index contributed by atoms with van der Waals surface area (Å²) in [5.41, 5.74) is 6.92. The third kappa shape index (κ3) is 4.45. The molecule has 0 heterocycles. The molecule has 16 heavy (non-hydrogen) atoms. The van der Waals surface area contributed by atoms with E-state index in [2.05, 4.69) is 12.2 Å². The van der Waals surface area contributed by atoms with E-state index in [0.717, 1.165) is 24.9 Å². The summed E-state index contributed by atoms with van der Waals surface area (Å²) >= 11 is 0. The van der Waals surface area contributed by atoms with Gasteiger partial charge in [0.1, 0.15) is 0 Å². The van der Waals surface area contributed by atoms with Gasteiger partial charge in [0.2, 0.25) is 5.91 Å². The Kier molecular flexibility index (Phi) is 5.57. The first-order valence-corrected chi connectivity index (χ1v) is 5.81. The van der Waals surface area contributed by atoms with Crippen LogP contribution in [0.1, 0.15) is 25.3 Å². The summed E-state index contributed by atoms with van der Waals surface area (Å²) < 4.78 is 0. The third-order valence-electron chi connectivity index (χ3n) is 2.46. The van der Waals surface area contributed by atoms with E-state index in [1.165, 1.54) is 0 Å². The number of carbonyl (C=O) groups is 1. The number of benzene rings is 1. The molecule has 0 fully saturated rings. The highest BCUT2D eigenvalue weighted by Gasteiger charge is 2.12. The van der Waals surface area contributed by atoms with Gasteiger partial charge in [-0.3, -0.25) is 4.79 Å². The minimum absolute atomic E-state index is 0.0581. The fourth-order valence-corrected chi connectivity index (χ4v) is 1.48.